The van der Waals surface area contributed by atoms with E-state index in [1.54, 1.807) is 91.0 Å². The average molecular weight is 527 g/mol. The molecule has 0 saturated heterocycles. The first kappa shape index (κ1) is 24.8. The van der Waals surface area contributed by atoms with Gasteiger partial charge in [-0.1, -0.05) is 84.9 Å². The van der Waals surface area contributed by atoms with Gasteiger partial charge in [0.15, 0.2) is 11.4 Å². The van der Waals surface area contributed by atoms with E-state index in [2.05, 4.69) is 15.0 Å². The molecule has 0 aliphatic carbocycles. The zero-order valence-corrected chi connectivity index (χ0v) is 21.2. The summed E-state index contributed by atoms with van der Waals surface area (Å²) in [6.45, 7) is 0.0827. The van der Waals surface area contributed by atoms with Crippen LogP contribution in [0.4, 0.5) is 0 Å². The first-order chi connectivity index (χ1) is 19.6. The lowest BCUT2D eigenvalue weighted by Gasteiger charge is -2.14. The Kier molecular flexibility index (Phi) is 6.64. The van der Waals surface area contributed by atoms with Crippen LogP contribution in [-0.2, 0) is 6.54 Å². The SMILES string of the molecule is O=C(c1ccccc1)c1nc2ccccc2nc1OCCn1c(=O)c(C(=O)c2ccccc2)nc2ccccc21. The van der Waals surface area contributed by atoms with Crippen LogP contribution < -0.4 is 10.3 Å². The summed E-state index contributed by atoms with van der Waals surface area (Å²) in [5.74, 6) is -0.710. The number of ether oxygens (including phenoxy) is 1. The second kappa shape index (κ2) is 10.7. The van der Waals surface area contributed by atoms with Gasteiger partial charge in [-0.25, -0.2) is 15.0 Å². The summed E-state index contributed by atoms with van der Waals surface area (Å²) in [7, 11) is 0. The quantitative estimate of drug-likeness (QED) is 0.260. The fraction of sp³-hybridized carbons (Fsp3) is 0.0625. The van der Waals surface area contributed by atoms with Gasteiger partial charge in [0.2, 0.25) is 17.4 Å². The normalized spacial score (nSPS) is 11.0. The van der Waals surface area contributed by atoms with E-state index in [4.69, 9.17) is 4.74 Å². The van der Waals surface area contributed by atoms with Crippen LogP contribution in [0.15, 0.2) is 114 Å². The van der Waals surface area contributed by atoms with Gasteiger partial charge in [0.25, 0.3) is 5.56 Å². The van der Waals surface area contributed by atoms with Crippen molar-refractivity contribution < 1.29 is 14.3 Å². The number of ketones is 2. The van der Waals surface area contributed by atoms with Crippen LogP contribution >= 0.6 is 0 Å². The zero-order chi connectivity index (χ0) is 27.5. The molecule has 194 valence electrons. The van der Waals surface area contributed by atoms with Crippen molar-refractivity contribution in [3.63, 3.8) is 0 Å². The van der Waals surface area contributed by atoms with E-state index in [9.17, 15) is 14.4 Å². The Bertz CT molecular complexity index is 1940. The second-order valence-electron chi connectivity index (χ2n) is 9.01. The standard InChI is InChI=1S/C32H22N4O4/c37-29(21-11-3-1-4-12-21)27-31(35-24-16-8-7-15-23(24)33-27)40-20-19-36-26-18-10-9-17-25(26)34-28(32(36)39)30(38)22-13-5-2-6-14-22/h1-18H,19-20H2. The number of aromatic nitrogens is 4. The van der Waals surface area contributed by atoms with Gasteiger partial charge in [-0.15, -0.1) is 0 Å². The summed E-state index contributed by atoms with van der Waals surface area (Å²) in [6, 6.07) is 31.7. The molecule has 0 radical (unpaired) electrons. The summed E-state index contributed by atoms with van der Waals surface area (Å²) < 4.78 is 7.49. The molecule has 4 aromatic carbocycles. The predicted octanol–water partition coefficient (Wildman–Crippen LogP) is 4.88. The Morgan fingerprint density at radius 2 is 1.10 bits per heavy atom. The van der Waals surface area contributed by atoms with Gasteiger partial charge in [-0.05, 0) is 24.3 Å². The molecule has 0 bridgehead atoms. The molecule has 0 atom stereocenters. The number of para-hydroxylation sites is 4. The minimum Gasteiger partial charge on any atom is -0.474 e. The molecule has 2 heterocycles. The summed E-state index contributed by atoms with van der Waals surface area (Å²) >= 11 is 0. The molecule has 0 fully saturated rings. The third-order valence-corrected chi connectivity index (χ3v) is 6.45. The van der Waals surface area contributed by atoms with E-state index >= 15 is 0 Å². The molecule has 0 amide bonds. The zero-order valence-electron chi connectivity index (χ0n) is 21.2. The van der Waals surface area contributed by atoms with Gasteiger partial charge in [-0.3, -0.25) is 14.4 Å². The smallest absolute Gasteiger partial charge is 0.281 e. The molecule has 6 aromatic rings. The number of nitrogens with zero attached hydrogens (tertiary/aromatic N) is 4. The topological polar surface area (TPSA) is 104 Å². The van der Waals surface area contributed by atoms with Gasteiger partial charge in [-0.2, -0.15) is 0 Å². The van der Waals surface area contributed by atoms with Crippen molar-refractivity contribution in [2.75, 3.05) is 6.61 Å². The predicted molar refractivity (Wildman–Crippen MR) is 151 cm³/mol. The van der Waals surface area contributed by atoms with E-state index in [0.29, 0.717) is 33.2 Å². The lowest BCUT2D eigenvalue weighted by atomic mass is 10.1. The Labute approximate surface area is 228 Å². The molecule has 0 aliphatic heterocycles. The third kappa shape index (κ3) is 4.74. The molecule has 40 heavy (non-hydrogen) atoms. The highest BCUT2D eigenvalue weighted by Crippen LogP contribution is 2.22. The Morgan fingerprint density at radius 3 is 1.75 bits per heavy atom. The van der Waals surface area contributed by atoms with Crippen molar-refractivity contribution >= 4 is 33.6 Å². The average Bonchev–Trinajstić information content (AvgIpc) is 3.01. The highest BCUT2D eigenvalue weighted by molar-refractivity contribution is 6.10. The molecule has 0 aliphatic rings. The van der Waals surface area contributed by atoms with Crippen LogP contribution in [-0.4, -0.2) is 37.7 Å². The van der Waals surface area contributed by atoms with E-state index in [1.165, 1.54) is 4.57 Å². The van der Waals surface area contributed by atoms with Crippen LogP contribution in [0.2, 0.25) is 0 Å². The summed E-state index contributed by atoms with van der Waals surface area (Å²) in [4.78, 5) is 53.5. The molecule has 0 N–H and O–H groups in total. The van der Waals surface area contributed by atoms with E-state index in [0.717, 1.165) is 0 Å². The summed E-state index contributed by atoms with van der Waals surface area (Å²) in [5.41, 5.74) is 2.42. The van der Waals surface area contributed by atoms with Crippen LogP contribution in [0.3, 0.4) is 0 Å². The van der Waals surface area contributed by atoms with Crippen molar-refractivity contribution in [1.82, 2.24) is 19.5 Å². The monoisotopic (exact) mass is 526 g/mol. The fourth-order valence-corrected chi connectivity index (χ4v) is 4.48. The number of benzene rings is 4. The Morgan fingerprint density at radius 1 is 0.600 bits per heavy atom. The Hall–Kier alpha value is -5.50. The van der Waals surface area contributed by atoms with Crippen molar-refractivity contribution in [3.05, 3.63) is 142 Å². The molecule has 0 unspecified atom stereocenters. The Balaban J connectivity index is 1.36. The van der Waals surface area contributed by atoms with Crippen LogP contribution in [0.25, 0.3) is 22.1 Å². The molecule has 0 spiro atoms. The van der Waals surface area contributed by atoms with Gasteiger partial charge in [0, 0.05) is 11.1 Å². The molecular weight excluding hydrogens is 504 g/mol. The summed E-state index contributed by atoms with van der Waals surface area (Å²) in [6.07, 6.45) is 0. The highest BCUT2D eigenvalue weighted by atomic mass is 16.5. The minimum absolute atomic E-state index is 0.00499. The van der Waals surface area contributed by atoms with Gasteiger partial charge < -0.3 is 9.30 Å². The van der Waals surface area contributed by atoms with Crippen LogP contribution in [0.5, 0.6) is 5.88 Å². The molecule has 2 aromatic heterocycles. The van der Waals surface area contributed by atoms with E-state index in [-0.39, 0.29) is 36.2 Å². The van der Waals surface area contributed by atoms with E-state index < -0.39 is 11.3 Å². The minimum atomic E-state index is -0.527. The largest absolute Gasteiger partial charge is 0.474 e. The lowest BCUT2D eigenvalue weighted by molar-refractivity contribution is 0.102. The highest BCUT2D eigenvalue weighted by Gasteiger charge is 2.21. The maximum absolute atomic E-state index is 13.5. The van der Waals surface area contributed by atoms with Crippen molar-refractivity contribution in [3.8, 4) is 5.88 Å². The fourth-order valence-electron chi connectivity index (χ4n) is 4.48. The van der Waals surface area contributed by atoms with Crippen LogP contribution in [0, 0.1) is 0 Å². The van der Waals surface area contributed by atoms with Gasteiger partial charge >= 0.3 is 0 Å². The molecule has 8 heteroatoms. The number of carbonyl (C=O) groups excluding carboxylic acids is 2. The molecule has 8 nitrogen and oxygen atoms in total. The first-order valence-electron chi connectivity index (χ1n) is 12.7. The lowest BCUT2D eigenvalue weighted by Crippen LogP contribution is -2.30. The summed E-state index contributed by atoms with van der Waals surface area (Å²) in [5, 5.41) is 0. The maximum Gasteiger partial charge on any atom is 0.281 e. The number of carbonyl (C=O) groups is 2. The number of hydrogen-bond acceptors (Lipinski definition) is 7. The molecule has 0 saturated carbocycles. The number of hydrogen-bond donors (Lipinski definition) is 0. The van der Waals surface area contributed by atoms with Gasteiger partial charge in [0.1, 0.15) is 6.61 Å². The van der Waals surface area contributed by atoms with Crippen molar-refractivity contribution in [2.45, 2.75) is 6.54 Å². The number of fused-ring (bicyclic) bond motifs is 2. The van der Waals surface area contributed by atoms with E-state index in [1.807, 2.05) is 18.2 Å². The first-order valence-corrected chi connectivity index (χ1v) is 12.7. The molecule has 6 rings (SSSR count). The van der Waals surface area contributed by atoms with Crippen molar-refractivity contribution in [2.24, 2.45) is 0 Å². The van der Waals surface area contributed by atoms with Crippen LogP contribution in [0.1, 0.15) is 32.1 Å². The van der Waals surface area contributed by atoms with Crippen molar-refractivity contribution in [1.29, 1.82) is 0 Å². The molecular formula is C32H22N4O4. The van der Waals surface area contributed by atoms with Gasteiger partial charge in [0.05, 0.1) is 28.6 Å². The third-order valence-electron chi connectivity index (χ3n) is 6.45. The number of rotatable bonds is 8. The second-order valence-corrected chi connectivity index (χ2v) is 9.01. The maximum atomic E-state index is 13.5.